The molecule has 1 rings (SSSR count). The van der Waals surface area contributed by atoms with Gasteiger partial charge in [-0.05, 0) is 53.3 Å². The number of halogens is 1. The molecule has 0 aliphatic carbocycles. The van der Waals surface area contributed by atoms with Gasteiger partial charge in [0.25, 0.3) is 5.91 Å². The third kappa shape index (κ3) is 2.69. The van der Waals surface area contributed by atoms with Gasteiger partial charge in [0.1, 0.15) is 0 Å². The summed E-state index contributed by atoms with van der Waals surface area (Å²) in [5.41, 5.74) is 1.21. The lowest BCUT2D eigenvalue weighted by Crippen LogP contribution is -2.21. The number of hydrogen-bond donors (Lipinski definition) is 1. The number of Topliss-reactive ketones (excluding diaryl/α,β-unsaturated/α-hetero) is 1. The normalized spacial score (nSPS) is 9.69. The molecular formula is C12H12INO2. The van der Waals surface area contributed by atoms with Gasteiger partial charge in [-0.2, -0.15) is 0 Å². The van der Waals surface area contributed by atoms with E-state index in [2.05, 4.69) is 34.5 Å². The van der Waals surface area contributed by atoms with Crippen LogP contribution in [-0.2, 0) is 0 Å². The fourth-order valence-electron chi connectivity index (χ4n) is 1.27. The summed E-state index contributed by atoms with van der Waals surface area (Å²) in [5, 5.41) is 2.51. The fourth-order valence-corrected chi connectivity index (χ4v) is 1.76. The lowest BCUT2D eigenvalue weighted by atomic mass is 9.99. The van der Waals surface area contributed by atoms with Crippen LogP contribution in [0.3, 0.4) is 0 Å². The van der Waals surface area contributed by atoms with Crippen LogP contribution in [0.15, 0.2) is 30.4 Å². The van der Waals surface area contributed by atoms with Crippen LogP contribution in [0.25, 0.3) is 0 Å². The molecule has 0 aliphatic rings. The number of carbonyl (C=O) groups is 2. The largest absolute Gasteiger partial charge is 0.355 e. The molecule has 0 saturated carbocycles. The number of nitrogens with one attached hydrogen (secondary N) is 1. The fraction of sp³-hybridized carbons (Fsp3) is 0.167. The Morgan fingerprint density at radius 2 is 1.94 bits per heavy atom. The maximum atomic E-state index is 11.9. The Hall–Kier alpha value is -1.17. The van der Waals surface area contributed by atoms with Gasteiger partial charge in [0.2, 0.25) is 0 Å². The minimum absolute atomic E-state index is 0.197. The maximum absolute atomic E-state index is 11.9. The van der Waals surface area contributed by atoms with Crippen molar-refractivity contribution in [2.24, 2.45) is 0 Å². The lowest BCUT2D eigenvalue weighted by Gasteiger charge is -2.07. The molecular weight excluding hydrogens is 317 g/mol. The van der Waals surface area contributed by atoms with Crippen molar-refractivity contribution in [2.75, 3.05) is 7.05 Å². The maximum Gasteiger partial charge on any atom is 0.251 e. The molecule has 0 bridgehead atoms. The first-order valence-corrected chi connectivity index (χ1v) is 5.77. The molecule has 0 spiro atoms. The average Bonchev–Trinajstić information content (AvgIpc) is 2.26. The van der Waals surface area contributed by atoms with E-state index in [-0.39, 0.29) is 11.7 Å². The number of rotatable bonds is 3. The van der Waals surface area contributed by atoms with Crippen molar-refractivity contribution in [3.63, 3.8) is 0 Å². The summed E-state index contributed by atoms with van der Waals surface area (Å²) in [6.45, 7) is 5.24. The SMILES string of the molecule is C=C(C)C(=O)c1cc(I)ccc1C(=O)NC. The minimum atomic E-state index is -0.263. The van der Waals surface area contributed by atoms with Crippen LogP contribution < -0.4 is 5.32 Å². The van der Waals surface area contributed by atoms with E-state index >= 15 is 0 Å². The summed E-state index contributed by atoms with van der Waals surface area (Å²) >= 11 is 2.10. The Labute approximate surface area is 108 Å². The van der Waals surface area contributed by atoms with E-state index in [4.69, 9.17) is 0 Å². The molecule has 0 atom stereocenters. The molecule has 0 heterocycles. The molecule has 0 aliphatic heterocycles. The van der Waals surface area contributed by atoms with E-state index < -0.39 is 0 Å². The number of benzene rings is 1. The van der Waals surface area contributed by atoms with Gasteiger partial charge in [-0.3, -0.25) is 9.59 Å². The van der Waals surface area contributed by atoms with Gasteiger partial charge in [-0.25, -0.2) is 0 Å². The highest BCUT2D eigenvalue weighted by molar-refractivity contribution is 14.1. The quantitative estimate of drug-likeness (QED) is 0.526. The molecule has 16 heavy (non-hydrogen) atoms. The number of amides is 1. The van der Waals surface area contributed by atoms with E-state index in [1.165, 1.54) is 7.05 Å². The number of carbonyl (C=O) groups excluding carboxylic acids is 2. The van der Waals surface area contributed by atoms with E-state index in [1.807, 2.05) is 0 Å². The van der Waals surface area contributed by atoms with E-state index in [0.29, 0.717) is 16.7 Å². The summed E-state index contributed by atoms with van der Waals surface area (Å²) in [4.78, 5) is 23.4. The molecule has 1 amide bonds. The zero-order chi connectivity index (χ0) is 12.3. The molecule has 4 heteroatoms. The van der Waals surface area contributed by atoms with Crippen molar-refractivity contribution < 1.29 is 9.59 Å². The summed E-state index contributed by atoms with van der Waals surface area (Å²) in [5.74, 6) is -0.460. The van der Waals surface area contributed by atoms with Crippen molar-refractivity contribution in [3.05, 3.63) is 45.0 Å². The molecule has 0 unspecified atom stereocenters. The topological polar surface area (TPSA) is 46.2 Å². The summed E-state index contributed by atoms with van der Waals surface area (Å²) in [6, 6.07) is 5.14. The molecule has 1 aromatic carbocycles. The minimum Gasteiger partial charge on any atom is -0.355 e. The Kier molecular flexibility index (Phi) is 4.23. The predicted molar refractivity (Wildman–Crippen MR) is 71.7 cm³/mol. The van der Waals surface area contributed by atoms with Gasteiger partial charge in [0.05, 0.1) is 5.56 Å². The van der Waals surface area contributed by atoms with E-state index in [0.717, 1.165) is 3.57 Å². The van der Waals surface area contributed by atoms with Crippen molar-refractivity contribution in [1.82, 2.24) is 5.32 Å². The van der Waals surface area contributed by atoms with E-state index in [9.17, 15) is 9.59 Å². The Morgan fingerprint density at radius 1 is 1.31 bits per heavy atom. The third-order valence-electron chi connectivity index (χ3n) is 2.09. The van der Waals surface area contributed by atoms with Gasteiger partial charge in [0.15, 0.2) is 5.78 Å². The summed E-state index contributed by atoms with van der Waals surface area (Å²) in [6.07, 6.45) is 0. The second-order valence-corrected chi connectivity index (χ2v) is 4.62. The van der Waals surface area contributed by atoms with Crippen molar-refractivity contribution in [3.8, 4) is 0 Å². The Morgan fingerprint density at radius 3 is 2.44 bits per heavy atom. The van der Waals surface area contributed by atoms with Gasteiger partial charge in [-0.15, -0.1) is 0 Å². The monoisotopic (exact) mass is 329 g/mol. The van der Waals surface area contributed by atoms with E-state index in [1.54, 1.807) is 25.1 Å². The molecule has 0 radical (unpaired) electrons. The summed E-state index contributed by atoms with van der Waals surface area (Å²) in [7, 11) is 1.54. The smallest absolute Gasteiger partial charge is 0.251 e. The van der Waals surface area contributed by atoms with Gasteiger partial charge >= 0.3 is 0 Å². The molecule has 0 fully saturated rings. The lowest BCUT2D eigenvalue weighted by molar-refractivity contribution is 0.0950. The van der Waals surface area contributed by atoms with Crippen LogP contribution in [0.2, 0.25) is 0 Å². The highest BCUT2D eigenvalue weighted by Crippen LogP contribution is 2.17. The molecule has 84 valence electrons. The first-order chi connectivity index (χ1) is 7.47. The van der Waals surface area contributed by atoms with Gasteiger partial charge in [0, 0.05) is 16.2 Å². The second kappa shape index (κ2) is 5.25. The van der Waals surface area contributed by atoms with Gasteiger partial charge < -0.3 is 5.32 Å². The number of hydrogen-bond acceptors (Lipinski definition) is 2. The van der Waals surface area contributed by atoms with Crippen LogP contribution in [0.4, 0.5) is 0 Å². The number of ketones is 1. The zero-order valence-electron chi connectivity index (χ0n) is 9.13. The molecule has 3 nitrogen and oxygen atoms in total. The van der Waals surface area contributed by atoms with Crippen LogP contribution in [0.1, 0.15) is 27.6 Å². The van der Waals surface area contributed by atoms with Crippen molar-refractivity contribution in [2.45, 2.75) is 6.92 Å². The van der Waals surface area contributed by atoms with Gasteiger partial charge in [-0.1, -0.05) is 6.58 Å². The standard InChI is InChI=1S/C12H12INO2/c1-7(2)11(15)10-6-8(13)4-5-9(10)12(16)14-3/h4-6H,1H2,2-3H3,(H,14,16). The molecule has 1 aromatic rings. The van der Waals surface area contributed by atoms with Crippen LogP contribution in [-0.4, -0.2) is 18.7 Å². The van der Waals surface area contributed by atoms with Crippen LogP contribution >= 0.6 is 22.6 Å². The highest BCUT2D eigenvalue weighted by atomic mass is 127. The Balaban J connectivity index is 3.34. The van der Waals surface area contributed by atoms with Crippen molar-refractivity contribution >= 4 is 34.3 Å². The zero-order valence-corrected chi connectivity index (χ0v) is 11.3. The third-order valence-corrected chi connectivity index (χ3v) is 2.76. The average molecular weight is 329 g/mol. The number of allylic oxidation sites excluding steroid dienone is 1. The first kappa shape index (κ1) is 12.9. The summed E-state index contributed by atoms with van der Waals surface area (Å²) < 4.78 is 0.912. The second-order valence-electron chi connectivity index (χ2n) is 3.38. The first-order valence-electron chi connectivity index (χ1n) is 4.69. The predicted octanol–water partition coefficient (Wildman–Crippen LogP) is 2.41. The molecule has 0 saturated heterocycles. The Bertz CT molecular complexity index is 466. The molecule has 1 N–H and O–H groups in total. The molecule has 0 aromatic heterocycles. The van der Waals surface area contributed by atoms with Crippen LogP contribution in [0, 0.1) is 3.57 Å². The van der Waals surface area contributed by atoms with Crippen LogP contribution in [0.5, 0.6) is 0 Å². The highest BCUT2D eigenvalue weighted by Gasteiger charge is 2.16. The van der Waals surface area contributed by atoms with Crippen molar-refractivity contribution in [1.29, 1.82) is 0 Å².